The second-order valence-electron chi connectivity index (χ2n) is 3.77. The van der Waals surface area contributed by atoms with Crippen molar-refractivity contribution in [2.75, 3.05) is 17.8 Å². The Morgan fingerprint density at radius 3 is 2.83 bits per heavy atom. The normalized spacial score (nSPS) is 12.7. The monoisotopic (exact) mass is 289 g/mol. The molecule has 0 saturated carbocycles. The molecule has 0 amide bonds. The highest BCUT2D eigenvalue weighted by Gasteiger charge is 2.13. The number of rotatable bonds is 5. The average molecular weight is 289 g/mol. The van der Waals surface area contributed by atoms with Crippen LogP contribution in [0.4, 0.5) is 0 Å². The van der Waals surface area contributed by atoms with E-state index in [1.807, 2.05) is 6.92 Å². The number of amidine groups is 1. The Bertz CT molecular complexity index is 555. The average Bonchev–Trinajstić information content (AvgIpc) is 2.26. The van der Waals surface area contributed by atoms with Crippen LogP contribution in [0.25, 0.3) is 0 Å². The van der Waals surface area contributed by atoms with Crippen molar-refractivity contribution in [1.82, 2.24) is 4.98 Å². The summed E-state index contributed by atoms with van der Waals surface area (Å²) in [4.78, 5) is 4.12. The van der Waals surface area contributed by atoms with Crippen LogP contribution in [0.15, 0.2) is 22.4 Å². The number of nitrogens with two attached hydrogens (primary N) is 1. The van der Waals surface area contributed by atoms with E-state index >= 15 is 0 Å². The highest BCUT2D eigenvalue weighted by molar-refractivity contribution is 8.00. The molecule has 6 nitrogen and oxygen atoms in total. The number of oxime groups is 1. The molecule has 0 aliphatic carbocycles. The lowest BCUT2D eigenvalue weighted by atomic mass is 10.1. The molecule has 0 unspecified atom stereocenters. The van der Waals surface area contributed by atoms with E-state index in [2.05, 4.69) is 10.1 Å². The van der Waals surface area contributed by atoms with E-state index in [1.165, 1.54) is 18.0 Å². The summed E-state index contributed by atoms with van der Waals surface area (Å²) < 4.78 is 22.1. The molecule has 1 aromatic heterocycles. The van der Waals surface area contributed by atoms with E-state index in [-0.39, 0.29) is 11.6 Å². The summed E-state index contributed by atoms with van der Waals surface area (Å²) in [6.07, 6.45) is 2.79. The van der Waals surface area contributed by atoms with Gasteiger partial charge in [0.05, 0.1) is 11.3 Å². The Kier molecular flexibility index (Phi) is 4.97. The van der Waals surface area contributed by atoms with E-state index < -0.39 is 9.84 Å². The minimum absolute atomic E-state index is 0.0255. The molecule has 0 aromatic carbocycles. The van der Waals surface area contributed by atoms with Crippen molar-refractivity contribution >= 4 is 27.4 Å². The van der Waals surface area contributed by atoms with Gasteiger partial charge in [-0.15, -0.1) is 11.8 Å². The molecule has 1 heterocycles. The molecule has 0 bridgehead atoms. The second kappa shape index (κ2) is 6.05. The number of aromatic nitrogens is 1. The van der Waals surface area contributed by atoms with Crippen LogP contribution in [-0.4, -0.2) is 42.2 Å². The lowest BCUT2D eigenvalue weighted by Crippen LogP contribution is -2.17. The Morgan fingerprint density at radius 1 is 1.61 bits per heavy atom. The van der Waals surface area contributed by atoms with Gasteiger partial charge >= 0.3 is 0 Å². The minimum Gasteiger partial charge on any atom is -0.409 e. The molecule has 0 saturated heterocycles. The van der Waals surface area contributed by atoms with E-state index in [9.17, 15) is 8.42 Å². The van der Waals surface area contributed by atoms with E-state index in [0.29, 0.717) is 16.3 Å². The van der Waals surface area contributed by atoms with Gasteiger partial charge in [0, 0.05) is 18.2 Å². The van der Waals surface area contributed by atoms with Crippen molar-refractivity contribution < 1.29 is 13.6 Å². The lowest BCUT2D eigenvalue weighted by Gasteiger charge is -2.09. The van der Waals surface area contributed by atoms with E-state index in [4.69, 9.17) is 10.9 Å². The van der Waals surface area contributed by atoms with Crippen molar-refractivity contribution in [2.24, 2.45) is 10.9 Å². The fourth-order valence-corrected chi connectivity index (χ4v) is 3.58. The number of pyridine rings is 1. The molecule has 0 aliphatic heterocycles. The third-order valence-corrected chi connectivity index (χ3v) is 4.38. The van der Waals surface area contributed by atoms with Crippen LogP contribution in [0.5, 0.6) is 0 Å². The van der Waals surface area contributed by atoms with Gasteiger partial charge in [0.25, 0.3) is 0 Å². The molecule has 0 radical (unpaired) electrons. The minimum atomic E-state index is -3.00. The van der Waals surface area contributed by atoms with Crippen LogP contribution >= 0.6 is 11.8 Å². The van der Waals surface area contributed by atoms with Gasteiger partial charge in [-0.1, -0.05) is 5.16 Å². The molecule has 8 heteroatoms. The molecule has 3 N–H and O–H groups in total. The molecule has 0 spiro atoms. The summed E-state index contributed by atoms with van der Waals surface area (Å²) in [6.45, 7) is 1.82. The van der Waals surface area contributed by atoms with Gasteiger partial charge in [0.15, 0.2) is 5.84 Å². The first kappa shape index (κ1) is 14.8. The fraction of sp³-hybridized carbons (Fsp3) is 0.400. The van der Waals surface area contributed by atoms with Crippen molar-refractivity contribution in [1.29, 1.82) is 0 Å². The van der Waals surface area contributed by atoms with Gasteiger partial charge in [-0.25, -0.2) is 13.4 Å². The number of aryl methyl sites for hydroxylation is 1. The standard InChI is InChI=1S/C10H15N3O3S2/c1-7-3-4-12-10(8(7)9(11)13-14)17-5-6-18(2,15)16/h3-4,14H,5-6H2,1-2H3,(H2,11,13). The van der Waals surface area contributed by atoms with Crippen LogP contribution in [0, 0.1) is 6.92 Å². The summed E-state index contributed by atoms with van der Waals surface area (Å²) in [5.74, 6) is 0.409. The van der Waals surface area contributed by atoms with Crippen molar-refractivity contribution in [3.8, 4) is 0 Å². The van der Waals surface area contributed by atoms with Gasteiger partial charge in [-0.05, 0) is 18.6 Å². The van der Waals surface area contributed by atoms with Gasteiger partial charge in [-0.3, -0.25) is 0 Å². The lowest BCUT2D eigenvalue weighted by molar-refractivity contribution is 0.318. The zero-order valence-corrected chi connectivity index (χ0v) is 11.8. The summed E-state index contributed by atoms with van der Waals surface area (Å²) in [7, 11) is -3.00. The van der Waals surface area contributed by atoms with Gasteiger partial charge in [0.1, 0.15) is 14.9 Å². The Balaban J connectivity index is 2.93. The van der Waals surface area contributed by atoms with Gasteiger partial charge in [0.2, 0.25) is 0 Å². The number of sulfone groups is 1. The van der Waals surface area contributed by atoms with Crippen LogP contribution in [0.3, 0.4) is 0 Å². The number of hydrogen-bond acceptors (Lipinski definition) is 6. The molecule has 100 valence electrons. The number of hydrogen-bond donors (Lipinski definition) is 2. The van der Waals surface area contributed by atoms with Crippen LogP contribution in [-0.2, 0) is 9.84 Å². The SMILES string of the molecule is Cc1ccnc(SCCS(C)(=O)=O)c1/C(N)=N/O. The third-order valence-electron chi connectivity index (χ3n) is 2.18. The number of thioether (sulfide) groups is 1. The van der Waals surface area contributed by atoms with Crippen molar-refractivity contribution in [3.63, 3.8) is 0 Å². The molecule has 1 rings (SSSR count). The highest BCUT2D eigenvalue weighted by atomic mass is 32.2. The van der Waals surface area contributed by atoms with E-state index in [0.717, 1.165) is 5.56 Å². The Labute approximate surface area is 110 Å². The summed E-state index contributed by atoms with van der Waals surface area (Å²) >= 11 is 1.27. The molecule has 18 heavy (non-hydrogen) atoms. The van der Waals surface area contributed by atoms with Crippen LogP contribution in [0.1, 0.15) is 11.1 Å². The molecular formula is C10H15N3O3S2. The predicted octanol–water partition coefficient (Wildman–Crippen LogP) is 0.621. The van der Waals surface area contributed by atoms with Gasteiger partial charge in [-0.2, -0.15) is 0 Å². The van der Waals surface area contributed by atoms with Crippen molar-refractivity contribution in [2.45, 2.75) is 11.9 Å². The van der Waals surface area contributed by atoms with Crippen LogP contribution < -0.4 is 5.73 Å². The first-order chi connectivity index (χ1) is 8.35. The zero-order valence-electron chi connectivity index (χ0n) is 10.1. The summed E-state index contributed by atoms with van der Waals surface area (Å²) in [6, 6.07) is 1.74. The fourth-order valence-electron chi connectivity index (χ4n) is 1.29. The van der Waals surface area contributed by atoms with Crippen molar-refractivity contribution in [3.05, 3.63) is 23.4 Å². The summed E-state index contributed by atoms with van der Waals surface area (Å²) in [5.41, 5.74) is 6.94. The summed E-state index contributed by atoms with van der Waals surface area (Å²) in [5, 5.41) is 12.2. The molecule has 0 aliphatic rings. The zero-order chi connectivity index (χ0) is 13.8. The smallest absolute Gasteiger partial charge is 0.173 e. The largest absolute Gasteiger partial charge is 0.409 e. The number of nitrogens with zero attached hydrogens (tertiary/aromatic N) is 2. The third kappa shape index (κ3) is 4.19. The highest BCUT2D eigenvalue weighted by Crippen LogP contribution is 2.22. The Hall–Kier alpha value is -1.28. The maximum Gasteiger partial charge on any atom is 0.173 e. The maximum absolute atomic E-state index is 11.0. The Morgan fingerprint density at radius 2 is 2.28 bits per heavy atom. The van der Waals surface area contributed by atoms with Crippen LogP contribution in [0.2, 0.25) is 0 Å². The first-order valence-corrected chi connectivity index (χ1v) is 8.14. The maximum atomic E-state index is 11.0. The molecule has 0 fully saturated rings. The second-order valence-corrected chi connectivity index (χ2v) is 7.11. The molecule has 0 atom stereocenters. The predicted molar refractivity (Wildman–Crippen MR) is 71.9 cm³/mol. The topological polar surface area (TPSA) is 106 Å². The molecule has 1 aromatic rings. The van der Waals surface area contributed by atoms with E-state index in [1.54, 1.807) is 12.3 Å². The van der Waals surface area contributed by atoms with Gasteiger partial charge < -0.3 is 10.9 Å². The first-order valence-electron chi connectivity index (χ1n) is 5.09. The quantitative estimate of drug-likeness (QED) is 0.271. The molecular weight excluding hydrogens is 274 g/mol.